The third-order valence-electron chi connectivity index (χ3n) is 3.81. The van der Waals surface area contributed by atoms with E-state index in [1.165, 1.54) is 7.11 Å². The lowest BCUT2D eigenvalue weighted by Crippen LogP contribution is -2.42. The lowest BCUT2D eigenvalue weighted by atomic mass is 10.0. The zero-order valence-corrected chi connectivity index (χ0v) is 14.9. The zero-order valence-electron chi connectivity index (χ0n) is 14.1. The van der Waals surface area contributed by atoms with Gasteiger partial charge in [0.15, 0.2) is 0 Å². The van der Waals surface area contributed by atoms with Crippen LogP contribution in [0.3, 0.4) is 0 Å². The van der Waals surface area contributed by atoms with Gasteiger partial charge in [-0.25, -0.2) is 13.1 Å². The van der Waals surface area contributed by atoms with E-state index in [1.807, 2.05) is 37.3 Å². The Hall–Kier alpha value is -1.89. The van der Waals surface area contributed by atoms with Crippen LogP contribution >= 0.6 is 0 Å². The Morgan fingerprint density at radius 2 is 1.83 bits per heavy atom. The van der Waals surface area contributed by atoms with Gasteiger partial charge in [-0.3, -0.25) is 0 Å². The third-order valence-corrected chi connectivity index (χ3v) is 5.39. The molecule has 5 nitrogen and oxygen atoms in total. The fraction of sp³-hybridized carbons (Fsp3) is 0.333. The van der Waals surface area contributed by atoms with Gasteiger partial charge in [-0.2, -0.15) is 0 Å². The van der Waals surface area contributed by atoms with Gasteiger partial charge in [-0.1, -0.05) is 36.4 Å². The van der Waals surface area contributed by atoms with E-state index in [0.29, 0.717) is 6.42 Å². The predicted octanol–water partition coefficient (Wildman–Crippen LogP) is 2.27. The molecular formula is C18H23NO4S. The van der Waals surface area contributed by atoms with Crippen molar-refractivity contribution in [3.05, 3.63) is 59.7 Å². The van der Waals surface area contributed by atoms with E-state index in [2.05, 4.69) is 4.72 Å². The van der Waals surface area contributed by atoms with Crippen LogP contribution in [0.4, 0.5) is 0 Å². The maximum atomic E-state index is 12.6. The summed E-state index contributed by atoms with van der Waals surface area (Å²) in [4.78, 5) is 0.0729. The Bertz CT molecular complexity index is 775. The Morgan fingerprint density at radius 3 is 2.46 bits per heavy atom. The number of ether oxygens (including phenoxy) is 1. The summed E-state index contributed by atoms with van der Waals surface area (Å²) in [5.41, 5.74) is 1.76. The molecule has 6 heteroatoms. The maximum absolute atomic E-state index is 12.6. The molecule has 0 aliphatic carbocycles. The smallest absolute Gasteiger partial charge is 0.244 e. The molecule has 2 atom stereocenters. The average molecular weight is 349 g/mol. The van der Waals surface area contributed by atoms with Gasteiger partial charge in [0.05, 0.1) is 13.2 Å². The highest BCUT2D eigenvalue weighted by Crippen LogP contribution is 2.25. The van der Waals surface area contributed by atoms with Crippen LogP contribution in [0.2, 0.25) is 0 Å². The van der Waals surface area contributed by atoms with E-state index in [4.69, 9.17) is 4.74 Å². The number of aliphatic hydroxyl groups is 1. The van der Waals surface area contributed by atoms with E-state index in [1.54, 1.807) is 25.1 Å². The molecule has 0 spiro atoms. The Balaban J connectivity index is 2.15. The van der Waals surface area contributed by atoms with Crippen molar-refractivity contribution in [1.82, 2.24) is 4.72 Å². The van der Waals surface area contributed by atoms with Gasteiger partial charge in [-0.05, 0) is 43.5 Å². The van der Waals surface area contributed by atoms with Crippen molar-refractivity contribution in [1.29, 1.82) is 0 Å². The van der Waals surface area contributed by atoms with Gasteiger partial charge in [-0.15, -0.1) is 0 Å². The average Bonchev–Trinajstić information content (AvgIpc) is 2.55. The molecule has 2 rings (SSSR count). The molecule has 2 aromatic rings. The molecule has 0 aliphatic rings. The van der Waals surface area contributed by atoms with E-state index in [0.717, 1.165) is 11.1 Å². The highest BCUT2D eigenvalue weighted by Gasteiger charge is 2.25. The van der Waals surface area contributed by atoms with Crippen molar-refractivity contribution < 1.29 is 18.3 Å². The van der Waals surface area contributed by atoms with Gasteiger partial charge in [0.25, 0.3) is 0 Å². The minimum Gasteiger partial charge on any atom is -0.495 e. The first-order chi connectivity index (χ1) is 11.3. The summed E-state index contributed by atoms with van der Waals surface area (Å²) >= 11 is 0. The molecule has 24 heavy (non-hydrogen) atoms. The van der Waals surface area contributed by atoms with Gasteiger partial charge in [0.1, 0.15) is 10.6 Å². The highest BCUT2D eigenvalue weighted by atomic mass is 32.2. The normalized spacial score (nSPS) is 14.2. The predicted molar refractivity (Wildman–Crippen MR) is 93.7 cm³/mol. The zero-order chi connectivity index (χ0) is 17.7. The summed E-state index contributed by atoms with van der Waals surface area (Å²) in [7, 11) is -2.37. The summed E-state index contributed by atoms with van der Waals surface area (Å²) in [5.74, 6) is 0.276. The molecule has 0 radical (unpaired) electrons. The minimum absolute atomic E-state index is 0.0729. The van der Waals surface area contributed by atoms with Crippen LogP contribution in [0.1, 0.15) is 18.1 Å². The van der Waals surface area contributed by atoms with Gasteiger partial charge < -0.3 is 9.84 Å². The fourth-order valence-corrected chi connectivity index (χ4v) is 3.94. The molecule has 0 fully saturated rings. The summed E-state index contributed by atoms with van der Waals surface area (Å²) in [6, 6.07) is 13.8. The number of methoxy groups -OCH3 is 1. The standard InChI is InChI=1S/C18H23NO4S/c1-13-9-10-17(23-3)18(11-13)24(21,22)19-14(2)16(20)12-15-7-5-4-6-8-15/h4-11,14,16,19-20H,12H2,1-3H3/t14-,16-/m1/s1. The maximum Gasteiger partial charge on any atom is 0.244 e. The molecule has 0 bridgehead atoms. The second-order valence-corrected chi connectivity index (χ2v) is 7.50. The van der Waals surface area contributed by atoms with Crippen molar-refractivity contribution in [2.75, 3.05) is 7.11 Å². The van der Waals surface area contributed by atoms with Crippen LogP contribution < -0.4 is 9.46 Å². The summed E-state index contributed by atoms with van der Waals surface area (Å²) in [6.45, 7) is 3.46. The third kappa shape index (κ3) is 4.56. The monoisotopic (exact) mass is 349 g/mol. The molecule has 130 valence electrons. The van der Waals surface area contributed by atoms with Crippen LogP contribution in [0, 0.1) is 6.92 Å². The van der Waals surface area contributed by atoms with Crippen LogP contribution in [0.5, 0.6) is 5.75 Å². The number of sulfonamides is 1. The second kappa shape index (κ2) is 7.79. The number of benzene rings is 2. The molecule has 2 N–H and O–H groups in total. The number of nitrogens with one attached hydrogen (secondary N) is 1. The Kier molecular flexibility index (Phi) is 5.99. The van der Waals surface area contributed by atoms with Crippen LogP contribution in [-0.4, -0.2) is 32.8 Å². The van der Waals surface area contributed by atoms with Gasteiger partial charge >= 0.3 is 0 Å². The Labute approximate surface area is 143 Å². The highest BCUT2D eigenvalue weighted by molar-refractivity contribution is 7.89. The minimum atomic E-state index is -3.80. The van der Waals surface area contributed by atoms with Crippen molar-refractivity contribution in [3.8, 4) is 5.75 Å². The molecule has 0 unspecified atom stereocenters. The molecule has 0 saturated carbocycles. The molecule has 0 aliphatic heterocycles. The lowest BCUT2D eigenvalue weighted by molar-refractivity contribution is 0.144. The fourth-order valence-electron chi connectivity index (χ4n) is 2.41. The first-order valence-electron chi connectivity index (χ1n) is 7.72. The number of aliphatic hydroxyl groups excluding tert-OH is 1. The van der Waals surface area contributed by atoms with Gasteiger partial charge in [0, 0.05) is 6.04 Å². The van der Waals surface area contributed by atoms with Crippen LogP contribution in [-0.2, 0) is 16.4 Å². The van der Waals surface area contributed by atoms with E-state index in [-0.39, 0.29) is 10.6 Å². The first-order valence-corrected chi connectivity index (χ1v) is 9.21. The molecule has 0 saturated heterocycles. The molecule has 0 amide bonds. The number of rotatable bonds is 7. The second-order valence-electron chi connectivity index (χ2n) is 5.82. The van der Waals surface area contributed by atoms with Gasteiger partial charge in [0.2, 0.25) is 10.0 Å². The molecular weight excluding hydrogens is 326 g/mol. The van der Waals surface area contributed by atoms with Crippen molar-refractivity contribution in [3.63, 3.8) is 0 Å². The summed E-state index contributed by atoms with van der Waals surface area (Å²) < 4.78 is 32.9. The number of aryl methyl sites for hydroxylation is 1. The number of hydrogen-bond acceptors (Lipinski definition) is 4. The molecule has 0 aromatic heterocycles. The van der Waals surface area contributed by atoms with Crippen LogP contribution in [0.15, 0.2) is 53.4 Å². The number of hydrogen-bond donors (Lipinski definition) is 2. The van der Waals surface area contributed by atoms with Crippen molar-refractivity contribution >= 4 is 10.0 Å². The molecule has 0 heterocycles. The summed E-state index contributed by atoms with van der Waals surface area (Å²) in [6.07, 6.45) is -0.465. The van der Waals surface area contributed by atoms with E-state index >= 15 is 0 Å². The van der Waals surface area contributed by atoms with Crippen molar-refractivity contribution in [2.45, 2.75) is 37.3 Å². The SMILES string of the molecule is COc1ccc(C)cc1S(=O)(=O)N[C@H](C)[C@H](O)Cc1ccccc1. The van der Waals surface area contributed by atoms with E-state index < -0.39 is 22.2 Å². The van der Waals surface area contributed by atoms with Crippen molar-refractivity contribution in [2.24, 2.45) is 0 Å². The summed E-state index contributed by atoms with van der Waals surface area (Å²) in [5, 5.41) is 10.3. The molecule has 2 aromatic carbocycles. The topological polar surface area (TPSA) is 75.6 Å². The first kappa shape index (κ1) is 18.4. The lowest BCUT2D eigenvalue weighted by Gasteiger charge is -2.21. The quantitative estimate of drug-likeness (QED) is 0.804. The van der Waals surface area contributed by atoms with Crippen LogP contribution in [0.25, 0.3) is 0 Å². The Morgan fingerprint density at radius 1 is 1.17 bits per heavy atom. The van der Waals surface area contributed by atoms with E-state index in [9.17, 15) is 13.5 Å². The largest absolute Gasteiger partial charge is 0.495 e.